The van der Waals surface area contributed by atoms with E-state index in [9.17, 15) is 19.2 Å². The van der Waals surface area contributed by atoms with Crippen LogP contribution in [0, 0.1) is 11.8 Å². The van der Waals surface area contributed by atoms with Crippen LogP contribution in [0.2, 0.25) is 0 Å². The highest BCUT2D eigenvalue weighted by molar-refractivity contribution is 5.91. The van der Waals surface area contributed by atoms with Gasteiger partial charge in [0.1, 0.15) is 24.1 Å². The highest BCUT2D eigenvalue weighted by Gasteiger charge is 2.51. The van der Waals surface area contributed by atoms with E-state index in [0.29, 0.717) is 12.1 Å². The van der Waals surface area contributed by atoms with Gasteiger partial charge < -0.3 is 45.5 Å². The largest absolute Gasteiger partial charge is 0.453 e. The summed E-state index contributed by atoms with van der Waals surface area (Å²) in [6, 6.07) is 28.9. The molecule has 1 unspecified atom stereocenters. The maximum Gasteiger partial charge on any atom is 0.407 e. The fourth-order valence-corrected chi connectivity index (χ4v) is 10.1. The van der Waals surface area contributed by atoms with Gasteiger partial charge in [0.15, 0.2) is 0 Å². The maximum absolute atomic E-state index is 14.3. The van der Waals surface area contributed by atoms with Gasteiger partial charge in [-0.15, -0.1) is 0 Å². The summed E-state index contributed by atoms with van der Waals surface area (Å²) in [7, 11) is 2.60. The van der Waals surface area contributed by atoms with E-state index in [1.165, 1.54) is 14.2 Å². The molecule has 4 aliphatic rings. The van der Waals surface area contributed by atoms with Gasteiger partial charge in [-0.2, -0.15) is 0 Å². The first-order valence-electron chi connectivity index (χ1n) is 21.9. The minimum atomic E-state index is -0.872. The second-order valence-electron chi connectivity index (χ2n) is 17.4. The third-order valence-corrected chi connectivity index (χ3v) is 13.3. The number of hydrogen-bond donors (Lipinski definition) is 5. The molecule has 2 saturated heterocycles. The van der Waals surface area contributed by atoms with Crippen LogP contribution in [0.1, 0.15) is 75.0 Å². The highest BCUT2D eigenvalue weighted by Crippen LogP contribution is 2.50. The molecule has 5 aromatic rings. The smallest absolute Gasteiger partial charge is 0.407 e. The summed E-state index contributed by atoms with van der Waals surface area (Å²) in [6.07, 6.45) is 7.00. The normalized spacial score (nSPS) is 22.3. The lowest BCUT2D eigenvalue weighted by Crippen LogP contribution is -2.57. The van der Waals surface area contributed by atoms with E-state index in [0.717, 1.165) is 82.3 Å². The average molecular weight is 851 g/mol. The monoisotopic (exact) mass is 850 g/mol. The van der Waals surface area contributed by atoms with Crippen molar-refractivity contribution in [3.8, 4) is 22.4 Å². The van der Waals surface area contributed by atoms with E-state index in [-0.39, 0.29) is 47.9 Å². The van der Waals surface area contributed by atoms with Crippen LogP contribution in [0.4, 0.5) is 9.59 Å². The van der Waals surface area contributed by atoms with E-state index in [1.807, 2.05) is 66.4 Å². The first kappa shape index (κ1) is 41.5. The van der Waals surface area contributed by atoms with Gasteiger partial charge in [-0.3, -0.25) is 9.59 Å². The third kappa shape index (κ3) is 8.17. The van der Waals surface area contributed by atoms with Crippen molar-refractivity contribution < 1.29 is 28.7 Å². The van der Waals surface area contributed by atoms with Crippen molar-refractivity contribution in [2.45, 2.75) is 82.3 Å². The number of hydrogen-bond acceptors (Lipinski definition) is 9. The van der Waals surface area contributed by atoms with Crippen molar-refractivity contribution >= 4 is 40.5 Å². The van der Waals surface area contributed by atoms with Gasteiger partial charge in [0.05, 0.1) is 43.9 Å². The predicted molar refractivity (Wildman–Crippen MR) is 239 cm³/mol. The van der Waals surface area contributed by atoms with Crippen LogP contribution in [0.15, 0.2) is 103 Å². The Morgan fingerprint density at radius 1 is 0.778 bits per heavy atom. The quantitative estimate of drug-likeness (QED) is 0.0920. The number of benzene rings is 4. The summed E-state index contributed by atoms with van der Waals surface area (Å²) < 4.78 is 9.68. The van der Waals surface area contributed by atoms with Crippen molar-refractivity contribution in [3.63, 3.8) is 0 Å². The average Bonchev–Trinajstić information content (AvgIpc) is 4.18. The summed E-state index contributed by atoms with van der Waals surface area (Å²) in [5.74, 6) is 0.683. The Balaban J connectivity index is 0.866. The molecule has 3 aliphatic heterocycles. The molecule has 9 rings (SSSR count). The Hall–Kier alpha value is -6.83. The predicted octanol–water partition coefficient (Wildman–Crippen LogP) is 7.24. The lowest BCUT2D eigenvalue weighted by atomic mass is 9.96. The maximum atomic E-state index is 14.3. The Bertz CT molecular complexity index is 2540. The van der Waals surface area contributed by atoms with Crippen LogP contribution >= 0.6 is 0 Å². The first-order chi connectivity index (χ1) is 30.6. The van der Waals surface area contributed by atoms with Crippen LogP contribution in [0.25, 0.3) is 38.9 Å². The SMILES string of the molecule is COC(=O)N[C@H](C(=O)N1CCC[C@H]1C1NC=C(c2ccc3cc(-c4ccc(-c5cnc([C@@H]6[C@H]7CC[C@H](C7)N6C(=O)[C@H](NC(=O)OC)c6ccccc6)[nH]5)cc4)ccc3c2)N1)C(C)C. The van der Waals surface area contributed by atoms with Gasteiger partial charge in [0.25, 0.3) is 5.91 Å². The number of carbonyl (C=O) groups is 4. The van der Waals surface area contributed by atoms with Gasteiger partial charge >= 0.3 is 12.2 Å². The minimum Gasteiger partial charge on any atom is -0.453 e. The zero-order valence-electron chi connectivity index (χ0n) is 36.0. The van der Waals surface area contributed by atoms with Crippen molar-refractivity contribution in [2.75, 3.05) is 20.8 Å². The van der Waals surface area contributed by atoms with Gasteiger partial charge in [-0.05, 0) is 94.7 Å². The van der Waals surface area contributed by atoms with Crippen molar-refractivity contribution in [3.05, 3.63) is 120 Å². The number of nitrogens with one attached hydrogen (secondary N) is 5. The number of carbonyl (C=O) groups excluding carboxylic acids is 4. The van der Waals surface area contributed by atoms with Crippen LogP contribution in [-0.4, -0.2) is 88.8 Å². The second-order valence-corrected chi connectivity index (χ2v) is 17.4. The molecule has 326 valence electrons. The minimum absolute atomic E-state index is 0.0726. The lowest BCUT2D eigenvalue weighted by molar-refractivity contribution is -0.138. The number of rotatable bonds is 11. The summed E-state index contributed by atoms with van der Waals surface area (Å²) in [5.41, 5.74) is 6.76. The molecule has 0 spiro atoms. The number of amides is 4. The number of likely N-dealkylation sites (tertiary alicyclic amines) is 2. The molecule has 7 atom stereocenters. The Morgan fingerprint density at radius 3 is 2.19 bits per heavy atom. The standard InChI is InChI=1S/C49H54N8O6/c1-28(2)41(54-48(60)62-3)46(58)56-22-8-11-40(56)44-50-27-39(52-44)35-19-18-33-23-32(16-17-34(33)24-35)29-12-14-30(15-13-29)38-26-51-45(53-38)43-36-20-21-37(25-36)57(43)47(59)42(55-49(61)63-4)31-9-6-5-7-10-31/h5-7,9-10,12-19,23-24,26-28,36-37,40-44,50,52H,8,11,20-22,25H2,1-4H3,(H,51,53)(H,54,60)(H,55,61)/t36-,37+,40-,41-,42+,43-,44?/m0/s1. The molecule has 4 heterocycles. The molecule has 14 nitrogen and oxygen atoms in total. The number of H-pyrrole nitrogens is 1. The van der Waals surface area contributed by atoms with E-state index >= 15 is 0 Å². The Kier molecular flexibility index (Phi) is 11.5. The zero-order valence-corrected chi connectivity index (χ0v) is 36.0. The topological polar surface area (TPSA) is 170 Å². The second kappa shape index (κ2) is 17.5. The van der Waals surface area contributed by atoms with Crippen LogP contribution in [0.5, 0.6) is 0 Å². The molecule has 14 heteroatoms. The number of alkyl carbamates (subject to hydrolysis) is 2. The highest BCUT2D eigenvalue weighted by atomic mass is 16.5. The molecule has 1 saturated carbocycles. The summed E-state index contributed by atoms with van der Waals surface area (Å²) >= 11 is 0. The van der Waals surface area contributed by atoms with Crippen molar-refractivity contribution in [1.29, 1.82) is 0 Å². The summed E-state index contributed by atoms with van der Waals surface area (Å²) in [4.78, 5) is 64.6. The van der Waals surface area contributed by atoms with E-state index < -0.39 is 24.3 Å². The first-order valence-corrected chi connectivity index (χ1v) is 21.9. The van der Waals surface area contributed by atoms with Gasteiger partial charge in [0, 0.05) is 18.8 Å². The molecule has 1 aromatic heterocycles. The number of aromatic nitrogens is 2. The molecule has 4 amide bonds. The molecule has 63 heavy (non-hydrogen) atoms. The summed E-state index contributed by atoms with van der Waals surface area (Å²) in [5, 5.41) is 14.8. The van der Waals surface area contributed by atoms with Gasteiger partial charge in [-0.1, -0.05) is 92.7 Å². The number of piperidine rings is 1. The number of methoxy groups -OCH3 is 2. The number of aromatic amines is 1. The number of fused-ring (bicyclic) bond motifs is 3. The molecule has 1 aliphatic carbocycles. The number of nitrogens with zero attached hydrogens (tertiary/aromatic N) is 3. The van der Waals surface area contributed by atoms with Crippen molar-refractivity contribution in [1.82, 2.24) is 41.0 Å². The van der Waals surface area contributed by atoms with E-state index in [2.05, 4.69) is 86.9 Å². The molecular formula is C49H54N8O6. The molecule has 5 N–H and O–H groups in total. The fourth-order valence-electron chi connectivity index (χ4n) is 10.1. The molecular weight excluding hydrogens is 797 g/mol. The molecule has 4 aromatic carbocycles. The van der Waals surface area contributed by atoms with Gasteiger partial charge in [0.2, 0.25) is 5.91 Å². The van der Waals surface area contributed by atoms with Crippen molar-refractivity contribution in [2.24, 2.45) is 11.8 Å². The number of ether oxygens (including phenoxy) is 2. The van der Waals surface area contributed by atoms with Gasteiger partial charge in [-0.25, -0.2) is 14.6 Å². The van der Waals surface area contributed by atoms with Crippen LogP contribution in [0.3, 0.4) is 0 Å². The molecule has 0 radical (unpaired) electrons. The van der Waals surface area contributed by atoms with E-state index in [4.69, 9.17) is 14.5 Å². The Labute approximate surface area is 366 Å². The molecule has 3 fully saturated rings. The van der Waals surface area contributed by atoms with E-state index in [1.54, 1.807) is 0 Å². The van der Waals surface area contributed by atoms with Crippen LogP contribution in [-0.2, 0) is 19.1 Å². The number of imidazole rings is 1. The summed E-state index contributed by atoms with van der Waals surface area (Å²) in [6.45, 7) is 4.47. The van der Waals surface area contributed by atoms with Crippen LogP contribution < -0.4 is 21.3 Å². The zero-order chi connectivity index (χ0) is 43.8. The fraction of sp³-hybridized carbons (Fsp3) is 0.367. The lowest BCUT2D eigenvalue weighted by Gasteiger charge is -2.36. The molecule has 2 bridgehead atoms. The third-order valence-electron chi connectivity index (χ3n) is 13.3. The Morgan fingerprint density at radius 2 is 1.46 bits per heavy atom.